The fraction of sp³-hybridized carbons (Fsp3) is 0.167. The van der Waals surface area contributed by atoms with Crippen LogP contribution in [0.5, 0.6) is 0 Å². The van der Waals surface area contributed by atoms with Crippen molar-refractivity contribution >= 4 is 34.2 Å². The van der Waals surface area contributed by atoms with Gasteiger partial charge < -0.3 is 4.98 Å². The van der Waals surface area contributed by atoms with Gasteiger partial charge in [-0.1, -0.05) is 23.2 Å². The topological polar surface area (TPSA) is 46.5 Å². The van der Waals surface area contributed by atoms with Gasteiger partial charge >= 0.3 is 0 Å². The second-order valence-electron chi connectivity index (χ2n) is 4.18. The Balaban J connectivity index is 2.22. The first kappa shape index (κ1) is 11.6. The lowest BCUT2D eigenvalue weighted by molar-refractivity contribution is 0.790. The molecule has 0 aliphatic heterocycles. The molecule has 0 saturated carbocycles. The minimum Gasteiger partial charge on any atom is -0.322 e. The quantitative estimate of drug-likeness (QED) is 0.739. The van der Waals surface area contributed by atoms with E-state index in [1.165, 1.54) is 0 Å². The van der Waals surface area contributed by atoms with Crippen molar-refractivity contribution in [1.82, 2.24) is 19.7 Å². The van der Waals surface area contributed by atoms with Crippen LogP contribution in [0.3, 0.4) is 0 Å². The minimum absolute atomic E-state index is 0.496. The number of imidazole rings is 1. The van der Waals surface area contributed by atoms with Gasteiger partial charge in [-0.2, -0.15) is 5.10 Å². The summed E-state index contributed by atoms with van der Waals surface area (Å²) in [5, 5.41) is 5.38. The molecule has 0 spiro atoms. The summed E-state index contributed by atoms with van der Waals surface area (Å²) >= 11 is 11.9. The van der Waals surface area contributed by atoms with E-state index in [4.69, 9.17) is 23.2 Å². The zero-order valence-electron chi connectivity index (χ0n) is 9.83. The first-order valence-corrected chi connectivity index (χ1v) is 6.18. The molecular formula is C12H10Cl2N4. The molecule has 6 heteroatoms. The Morgan fingerprint density at radius 1 is 1.11 bits per heavy atom. The molecule has 18 heavy (non-hydrogen) atoms. The molecule has 0 atom stereocenters. The van der Waals surface area contributed by atoms with Crippen molar-refractivity contribution in [2.24, 2.45) is 0 Å². The Hall–Kier alpha value is -1.52. The number of aryl methyl sites for hydroxylation is 2. The highest BCUT2D eigenvalue weighted by atomic mass is 35.5. The number of fused-ring (bicyclic) bond motifs is 1. The number of nitrogens with one attached hydrogen (secondary N) is 1. The highest BCUT2D eigenvalue weighted by Gasteiger charge is 2.10. The molecule has 1 N–H and O–H groups in total. The van der Waals surface area contributed by atoms with E-state index in [0.717, 1.165) is 22.4 Å². The lowest BCUT2D eigenvalue weighted by atomic mass is 10.3. The third kappa shape index (κ3) is 1.78. The smallest absolute Gasteiger partial charge is 0.229 e. The maximum atomic E-state index is 5.98. The van der Waals surface area contributed by atoms with Crippen LogP contribution in [0.15, 0.2) is 18.2 Å². The van der Waals surface area contributed by atoms with Gasteiger partial charge in [0, 0.05) is 5.69 Å². The predicted octanol–water partition coefficient (Wildman–Crippen LogP) is 3.67. The molecule has 0 aliphatic carbocycles. The third-order valence-corrected chi connectivity index (χ3v) is 3.44. The molecule has 0 fully saturated rings. The second kappa shape index (κ2) is 4.00. The van der Waals surface area contributed by atoms with E-state index in [-0.39, 0.29) is 0 Å². The largest absolute Gasteiger partial charge is 0.322 e. The van der Waals surface area contributed by atoms with E-state index in [1.807, 2.05) is 19.9 Å². The number of halogens is 2. The summed E-state index contributed by atoms with van der Waals surface area (Å²) < 4.78 is 1.76. The standard InChI is InChI=1S/C12H10Cl2N4/c1-6-3-7(2)18(17-6)12-15-10-4-8(13)9(14)5-11(10)16-12/h3-5H,1-2H3,(H,15,16). The molecule has 3 aromatic rings. The molecule has 3 rings (SSSR count). The number of benzene rings is 1. The highest BCUT2D eigenvalue weighted by molar-refractivity contribution is 6.42. The van der Waals surface area contributed by atoms with Crippen molar-refractivity contribution in [3.63, 3.8) is 0 Å². The normalized spacial score (nSPS) is 11.3. The van der Waals surface area contributed by atoms with Gasteiger partial charge in [0.1, 0.15) is 0 Å². The summed E-state index contributed by atoms with van der Waals surface area (Å²) in [4.78, 5) is 7.64. The minimum atomic E-state index is 0.496. The molecule has 0 unspecified atom stereocenters. The van der Waals surface area contributed by atoms with Gasteiger partial charge in [-0.25, -0.2) is 9.67 Å². The van der Waals surface area contributed by atoms with Crippen LogP contribution >= 0.6 is 23.2 Å². The van der Waals surface area contributed by atoms with Crippen LogP contribution in [0, 0.1) is 13.8 Å². The van der Waals surface area contributed by atoms with E-state index in [9.17, 15) is 0 Å². The summed E-state index contributed by atoms with van der Waals surface area (Å²) in [6, 6.07) is 5.50. The maximum absolute atomic E-state index is 5.98. The van der Waals surface area contributed by atoms with E-state index in [2.05, 4.69) is 15.1 Å². The van der Waals surface area contributed by atoms with E-state index >= 15 is 0 Å². The van der Waals surface area contributed by atoms with Crippen molar-refractivity contribution in [3.8, 4) is 5.95 Å². The Bertz CT molecular complexity index is 703. The van der Waals surface area contributed by atoms with Crippen LogP contribution in [-0.2, 0) is 0 Å². The number of rotatable bonds is 1. The molecule has 0 aliphatic rings. The average molecular weight is 281 g/mol. The Labute approximate surface area is 114 Å². The SMILES string of the molecule is Cc1cc(C)n(-c2nc3cc(Cl)c(Cl)cc3[nH]2)n1. The van der Waals surface area contributed by atoms with Gasteiger partial charge in [-0.15, -0.1) is 0 Å². The lowest BCUT2D eigenvalue weighted by Gasteiger charge is -1.97. The monoisotopic (exact) mass is 280 g/mol. The number of nitrogens with zero attached hydrogens (tertiary/aromatic N) is 3. The first-order chi connectivity index (χ1) is 8.54. The van der Waals surface area contributed by atoms with Gasteiger partial charge in [0.25, 0.3) is 0 Å². The lowest BCUT2D eigenvalue weighted by Crippen LogP contribution is -2.00. The van der Waals surface area contributed by atoms with Gasteiger partial charge in [-0.05, 0) is 32.0 Å². The predicted molar refractivity (Wildman–Crippen MR) is 72.7 cm³/mol. The number of hydrogen-bond acceptors (Lipinski definition) is 2. The van der Waals surface area contributed by atoms with E-state index < -0.39 is 0 Å². The van der Waals surface area contributed by atoms with Crippen LogP contribution in [-0.4, -0.2) is 19.7 Å². The molecule has 0 saturated heterocycles. The maximum Gasteiger partial charge on any atom is 0.229 e. The molecule has 1 aromatic carbocycles. The number of H-pyrrole nitrogens is 1. The molecule has 0 radical (unpaired) electrons. The second-order valence-corrected chi connectivity index (χ2v) is 5.00. The van der Waals surface area contributed by atoms with Gasteiger partial charge in [0.05, 0.1) is 26.8 Å². The summed E-state index contributed by atoms with van der Waals surface area (Å²) in [7, 11) is 0. The van der Waals surface area contributed by atoms with Gasteiger partial charge in [-0.3, -0.25) is 0 Å². The van der Waals surface area contributed by atoms with Gasteiger partial charge in [0.2, 0.25) is 5.95 Å². The zero-order chi connectivity index (χ0) is 12.9. The van der Waals surface area contributed by atoms with Crippen molar-refractivity contribution in [3.05, 3.63) is 39.6 Å². The molecule has 4 nitrogen and oxygen atoms in total. The number of aromatic nitrogens is 4. The van der Waals surface area contributed by atoms with Crippen molar-refractivity contribution in [2.75, 3.05) is 0 Å². The fourth-order valence-corrected chi connectivity index (χ4v) is 2.26. The molecule has 0 amide bonds. The van der Waals surface area contributed by atoms with Crippen LogP contribution in [0.25, 0.3) is 17.0 Å². The Morgan fingerprint density at radius 3 is 2.50 bits per heavy atom. The van der Waals surface area contributed by atoms with E-state index in [1.54, 1.807) is 16.8 Å². The molecule has 0 bridgehead atoms. The summed E-state index contributed by atoms with van der Waals surface area (Å²) in [6.45, 7) is 3.92. The van der Waals surface area contributed by atoms with Crippen molar-refractivity contribution in [2.45, 2.75) is 13.8 Å². The molecule has 2 heterocycles. The fourth-order valence-electron chi connectivity index (χ4n) is 1.94. The number of aromatic amines is 1. The van der Waals surface area contributed by atoms with Crippen molar-refractivity contribution < 1.29 is 0 Å². The van der Waals surface area contributed by atoms with Crippen LogP contribution in [0.1, 0.15) is 11.4 Å². The summed E-state index contributed by atoms with van der Waals surface area (Å²) in [5.74, 6) is 0.661. The number of hydrogen-bond donors (Lipinski definition) is 1. The summed E-state index contributed by atoms with van der Waals surface area (Å²) in [5.41, 5.74) is 3.58. The third-order valence-electron chi connectivity index (χ3n) is 2.72. The van der Waals surface area contributed by atoms with Crippen molar-refractivity contribution in [1.29, 1.82) is 0 Å². The molecule has 92 valence electrons. The van der Waals surface area contributed by atoms with Gasteiger partial charge in [0.15, 0.2) is 0 Å². The molecular weight excluding hydrogens is 271 g/mol. The first-order valence-electron chi connectivity index (χ1n) is 5.43. The molecule has 2 aromatic heterocycles. The van der Waals surface area contributed by atoms with Crippen LogP contribution in [0.4, 0.5) is 0 Å². The zero-order valence-corrected chi connectivity index (χ0v) is 11.3. The average Bonchev–Trinajstić information content (AvgIpc) is 2.82. The van der Waals surface area contributed by atoms with Crippen LogP contribution in [0.2, 0.25) is 10.0 Å². The van der Waals surface area contributed by atoms with Crippen LogP contribution < -0.4 is 0 Å². The Morgan fingerprint density at radius 2 is 1.83 bits per heavy atom. The highest BCUT2D eigenvalue weighted by Crippen LogP contribution is 2.27. The summed E-state index contributed by atoms with van der Waals surface area (Å²) in [6.07, 6.45) is 0. The Kier molecular flexibility index (Phi) is 2.57. The van der Waals surface area contributed by atoms with E-state index in [0.29, 0.717) is 16.0 Å².